The molecule has 2 N–H and O–H groups in total. The monoisotopic (exact) mass is 341 g/mol. The number of carbonyl (C=O) groups is 1. The van der Waals surface area contributed by atoms with Gasteiger partial charge in [-0.2, -0.15) is 0 Å². The van der Waals surface area contributed by atoms with Gasteiger partial charge >= 0.3 is 5.97 Å². The highest BCUT2D eigenvalue weighted by Gasteiger charge is 2.33. The van der Waals surface area contributed by atoms with Crippen LogP contribution in [0.15, 0.2) is 4.99 Å². The summed E-state index contributed by atoms with van der Waals surface area (Å²) in [6.07, 6.45) is 7.33. The number of hydrogen-bond acceptors (Lipinski definition) is 4. The smallest absolute Gasteiger partial charge is 0.305 e. The van der Waals surface area contributed by atoms with Crippen molar-refractivity contribution >= 4 is 11.9 Å². The minimum Gasteiger partial charge on any atom is -0.466 e. The van der Waals surface area contributed by atoms with Crippen LogP contribution in [0.5, 0.6) is 0 Å². The Hall–Kier alpha value is -1.30. The van der Waals surface area contributed by atoms with Gasteiger partial charge in [-0.3, -0.25) is 9.79 Å². The van der Waals surface area contributed by atoms with E-state index in [0.29, 0.717) is 18.4 Å². The van der Waals surface area contributed by atoms with Gasteiger partial charge in [-0.1, -0.05) is 12.8 Å². The molecule has 24 heavy (non-hydrogen) atoms. The highest BCUT2D eigenvalue weighted by molar-refractivity contribution is 5.79. The number of esters is 1. The first-order chi connectivity index (χ1) is 11.7. The van der Waals surface area contributed by atoms with Crippen LogP contribution in [0.4, 0.5) is 0 Å². The van der Waals surface area contributed by atoms with Crippen LogP contribution in [0.3, 0.4) is 0 Å². The number of ether oxygens (including phenoxy) is 2. The molecule has 1 fully saturated rings. The van der Waals surface area contributed by atoms with E-state index in [4.69, 9.17) is 14.5 Å². The van der Waals surface area contributed by atoms with Crippen LogP contribution in [0.2, 0.25) is 0 Å². The van der Waals surface area contributed by atoms with Crippen LogP contribution >= 0.6 is 0 Å². The molecule has 0 spiro atoms. The van der Waals surface area contributed by atoms with Crippen molar-refractivity contribution in [2.45, 2.75) is 58.8 Å². The molecule has 1 saturated carbocycles. The molecule has 6 nitrogen and oxygen atoms in total. The highest BCUT2D eigenvalue weighted by atomic mass is 16.5. The predicted octanol–water partition coefficient (Wildman–Crippen LogP) is 2.48. The maximum absolute atomic E-state index is 11.3. The summed E-state index contributed by atoms with van der Waals surface area (Å²) >= 11 is 0. The average Bonchev–Trinajstić information content (AvgIpc) is 3.04. The fourth-order valence-corrected chi connectivity index (χ4v) is 3.19. The maximum Gasteiger partial charge on any atom is 0.305 e. The molecular weight excluding hydrogens is 306 g/mol. The minimum atomic E-state index is -0.134. The van der Waals surface area contributed by atoms with E-state index < -0.39 is 0 Å². The molecule has 0 amide bonds. The molecule has 6 heteroatoms. The van der Waals surface area contributed by atoms with Gasteiger partial charge in [0.25, 0.3) is 0 Å². The molecule has 0 aromatic carbocycles. The van der Waals surface area contributed by atoms with Crippen LogP contribution in [0.25, 0.3) is 0 Å². The topological polar surface area (TPSA) is 72.0 Å². The van der Waals surface area contributed by atoms with Gasteiger partial charge in [-0.05, 0) is 44.9 Å². The second kappa shape index (κ2) is 12.1. The largest absolute Gasteiger partial charge is 0.466 e. The van der Waals surface area contributed by atoms with Gasteiger partial charge in [0.15, 0.2) is 5.96 Å². The summed E-state index contributed by atoms with van der Waals surface area (Å²) in [5, 5.41) is 6.60. The van der Waals surface area contributed by atoms with Crippen molar-refractivity contribution < 1.29 is 14.3 Å². The van der Waals surface area contributed by atoms with Gasteiger partial charge in [0.1, 0.15) is 0 Å². The second-order valence-electron chi connectivity index (χ2n) is 6.48. The number of carbonyl (C=O) groups excluding carboxylic acids is 1. The summed E-state index contributed by atoms with van der Waals surface area (Å²) < 4.78 is 10.2. The fourth-order valence-electron chi connectivity index (χ4n) is 3.19. The molecule has 0 aromatic heterocycles. The van der Waals surface area contributed by atoms with Crippen LogP contribution in [0.1, 0.15) is 58.8 Å². The van der Waals surface area contributed by atoms with E-state index in [9.17, 15) is 4.79 Å². The maximum atomic E-state index is 11.3. The molecule has 1 aliphatic rings. The van der Waals surface area contributed by atoms with Crippen molar-refractivity contribution in [2.24, 2.45) is 10.4 Å². The number of hydrogen-bond donors (Lipinski definition) is 2. The summed E-state index contributed by atoms with van der Waals surface area (Å²) in [6.45, 7) is 7.52. The molecule has 0 radical (unpaired) electrons. The van der Waals surface area contributed by atoms with Gasteiger partial charge in [0.05, 0.1) is 6.61 Å². The Morgan fingerprint density at radius 1 is 1.21 bits per heavy atom. The number of rotatable bonds is 11. The van der Waals surface area contributed by atoms with Crippen molar-refractivity contribution in [1.29, 1.82) is 0 Å². The standard InChI is InChI=1S/C18H35N3O3/c1-4-19-17(20-13-8-9-16(22)24-5-2)21-15-18(12-14-23-3)10-6-7-11-18/h4-15H2,1-3H3,(H2,19,20,21). The van der Waals surface area contributed by atoms with Crippen molar-refractivity contribution in [3.05, 3.63) is 0 Å². The summed E-state index contributed by atoms with van der Waals surface area (Å²) in [5.74, 6) is 0.704. The third-order valence-electron chi connectivity index (χ3n) is 4.57. The average molecular weight is 341 g/mol. The lowest BCUT2D eigenvalue weighted by Crippen LogP contribution is -2.39. The zero-order chi connectivity index (χ0) is 17.7. The first-order valence-electron chi connectivity index (χ1n) is 9.32. The van der Waals surface area contributed by atoms with Crippen LogP contribution in [-0.2, 0) is 14.3 Å². The van der Waals surface area contributed by atoms with Crippen molar-refractivity contribution in [3.63, 3.8) is 0 Å². The molecule has 0 aliphatic heterocycles. The molecule has 1 aliphatic carbocycles. The van der Waals surface area contributed by atoms with Crippen LogP contribution in [0, 0.1) is 5.41 Å². The van der Waals surface area contributed by atoms with Crippen LogP contribution in [-0.4, -0.2) is 51.9 Å². The van der Waals surface area contributed by atoms with E-state index in [1.165, 1.54) is 25.7 Å². The van der Waals surface area contributed by atoms with E-state index in [0.717, 1.165) is 45.0 Å². The Balaban J connectivity index is 2.44. The Labute approximate surface area is 146 Å². The summed E-state index contributed by atoms with van der Waals surface area (Å²) in [4.78, 5) is 16.1. The van der Waals surface area contributed by atoms with Crippen molar-refractivity contribution in [1.82, 2.24) is 10.6 Å². The zero-order valence-corrected chi connectivity index (χ0v) is 15.7. The molecule has 1 rings (SSSR count). The van der Waals surface area contributed by atoms with E-state index >= 15 is 0 Å². The molecular formula is C18H35N3O3. The van der Waals surface area contributed by atoms with E-state index in [1.54, 1.807) is 7.11 Å². The number of guanidine groups is 1. The Morgan fingerprint density at radius 3 is 2.58 bits per heavy atom. The Morgan fingerprint density at radius 2 is 1.96 bits per heavy atom. The SMILES string of the molecule is CCNC(=NCC1(CCOC)CCCC1)NCCCC(=O)OCC. The number of aliphatic imine (C=N–C) groups is 1. The Kier molecular flexibility index (Phi) is 10.5. The normalized spacial score (nSPS) is 16.9. The molecule has 0 saturated heterocycles. The van der Waals surface area contributed by atoms with Gasteiger partial charge < -0.3 is 20.1 Å². The first kappa shape index (κ1) is 20.7. The lowest BCUT2D eigenvalue weighted by atomic mass is 9.83. The highest BCUT2D eigenvalue weighted by Crippen LogP contribution is 2.41. The number of nitrogens with zero attached hydrogens (tertiary/aromatic N) is 1. The molecule has 0 heterocycles. The Bertz CT molecular complexity index is 380. The zero-order valence-electron chi connectivity index (χ0n) is 15.7. The minimum absolute atomic E-state index is 0.134. The third-order valence-corrected chi connectivity index (χ3v) is 4.57. The molecule has 0 unspecified atom stereocenters. The summed E-state index contributed by atoms with van der Waals surface area (Å²) in [7, 11) is 1.76. The van der Waals surface area contributed by atoms with Crippen LogP contribution < -0.4 is 10.6 Å². The van der Waals surface area contributed by atoms with E-state index in [1.807, 2.05) is 6.92 Å². The van der Waals surface area contributed by atoms with Gasteiger partial charge in [-0.15, -0.1) is 0 Å². The van der Waals surface area contributed by atoms with Gasteiger partial charge in [0.2, 0.25) is 0 Å². The number of methoxy groups -OCH3 is 1. The lowest BCUT2D eigenvalue weighted by molar-refractivity contribution is -0.143. The summed E-state index contributed by atoms with van der Waals surface area (Å²) in [5.41, 5.74) is 0.295. The van der Waals surface area contributed by atoms with Gasteiger partial charge in [0, 0.05) is 39.8 Å². The summed E-state index contributed by atoms with van der Waals surface area (Å²) in [6, 6.07) is 0. The van der Waals surface area contributed by atoms with Crippen molar-refractivity contribution in [3.8, 4) is 0 Å². The van der Waals surface area contributed by atoms with E-state index in [-0.39, 0.29) is 5.97 Å². The van der Waals surface area contributed by atoms with Gasteiger partial charge in [-0.25, -0.2) is 0 Å². The lowest BCUT2D eigenvalue weighted by Gasteiger charge is -2.27. The van der Waals surface area contributed by atoms with Crippen molar-refractivity contribution in [2.75, 3.05) is 40.0 Å². The third kappa shape index (κ3) is 7.99. The fraction of sp³-hybridized carbons (Fsp3) is 0.889. The van der Waals surface area contributed by atoms with E-state index in [2.05, 4.69) is 17.6 Å². The number of nitrogens with one attached hydrogen (secondary N) is 2. The molecule has 0 aromatic rings. The second-order valence-corrected chi connectivity index (χ2v) is 6.48. The molecule has 140 valence electrons. The predicted molar refractivity (Wildman–Crippen MR) is 97.2 cm³/mol. The molecule has 0 bridgehead atoms. The quantitative estimate of drug-likeness (QED) is 0.261. The first-order valence-corrected chi connectivity index (χ1v) is 9.32. The molecule has 0 atom stereocenters.